The Labute approximate surface area is 507 Å². The Hall–Kier alpha value is -8.94. The molecule has 6 rings (SSSR count). The van der Waals surface area contributed by atoms with Gasteiger partial charge in [0.2, 0.25) is 0 Å². The summed E-state index contributed by atoms with van der Waals surface area (Å²) < 4.78 is 23.0. The quantitative estimate of drug-likeness (QED) is 0.0186. The second-order valence-electron chi connectivity index (χ2n) is 12.8. The van der Waals surface area contributed by atoms with Gasteiger partial charge in [0.25, 0.3) is 6.54 Å². The number of nitrogens with two attached hydrogens (primary N) is 4. The lowest BCUT2D eigenvalue weighted by Gasteiger charge is -2.03. The topological polar surface area (TPSA) is 455 Å². The molecule has 0 spiro atoms. The van der Waals surface area contributed by atoms with Crippen LogP contribution in [0.4, 0.5) is 23.0 Å². The number of halogens is 2. The highest BCUT2D eigenvalue weighted by molar-refractivity contribution is 5.92. The van der Waals surface area contributed by atoms with Gasteiger partial charge in [0.05, 0.1) is 67.6 Å². The number of nitrogen functional groups attached to an aromatic ring is 4. The standard InChI is InChI=1S/C10H11N3O2.C8H6N4.C7H13NO3.2C5H7N3.2C5H7NO2.C2H6O.4C2H6.2ClH.H2O/c1-2-15-9(14)6-8-12-7-4-3-5-11-10(7)13-8;1-9-5-7-11-6-3-2-4-10-8(6)12-7;1-3-10-6(8)5-7(9)11-4-2;2*6-4-2-1-3-8-5(4)7;2*1-2-8-5(7)3-4-6;1-2-3;4*1-2;;;/h3-5H,2,6H2,1H3,(H,11,12,13);2-4H,5H2,(H,10,11,12);8H,3-5H2,1-2H3;2*1-3H,6H2,(H2,7,8);2*2-3H2,1H3;3H,2H2,1H3;4*1-2H3;2*1H;1H2. The largest absolute Gasteiger partial charge is 0.481 e. The summed E-state index contributed by atoms with van der Waals surface area (Å²) in [6.45, 7) is 35.4. The van der Waals surface area contributed by atoms with Gasteiger partial charge in [-0.1, -0.05) is 55.4 Å². The van der Waals surface area contributed by atoms with Crippen LogP contribution in [0.15, 0.2) is 73.3 Å². The molecule has 472 valence electrons. The van der Waals surface area contributed by atoms with Crippen LogP contribution in [0.3, 0.4) is 0 Å². The van der Waals surface area contributed by atoms with Crippen LogP contribution in [0.1, 0.15) is 128 Å². The number of rotatable bonds is 12. The maximum absolute atomic E-state index is 11.2. The number of hydrogen-bond donors (Lipinski definition) is 8. The van der Waals surface area contributed by atoms with E-state index in [4.69, 9.17) is 60.0 Å². The van der Waals surface area contributed by atoms with Crippen molar-refractivity contribution in [2.75, 3.05) is 62.6 Å². The second kappa shape index (κ2) is 70.2. The van der Waals surface area contributed by atoms with Crippen molar-refractivity contribution in [1.82, 2.24) is 39.9 Å². The molecule has 0 aliphatic rings. The number of aliphatic hydroxyl groups excluding tert-OH is 1. The number of nitriles is 2. The van der Waals surface area contributed by atoms with E-state index in [-0.39, 0.29) is 81.0 Å². The summed E-state index contributed by atoms with van der Waals surface area (Å²) in [7, 11) is 0. The molecule has 6 aromatic rings. The monoisotopic (exact) mass is 1220 g/mol. The van der Waals surface area contributed by atoms with Crippen LogP contribution in [0.2, 0.25) is 0 Å². The molecule has 27 nitrogen and oxygen atoms in total. The number of ether oxygens (including phenoxy) is 5. The Morgan fingerprint density at radius 3 is 1.20 bits per heavy atom. The Balaban J connectivity index is -0.000000109. The van der Waals surface area contributed by atoms with Gasteiger partial charge in [-0.15, -0.1) is 24.8 Å². The van der Waals surface area contributed by atoms with Gasteiger partial charge in [-0.05, 0) is 90.1 Å². The zero-order valence-corrected chi connectivity index (χ0v) is 52.6. The molecule has 0 aromatic carbocycles. The molecule has 0 aliphatic heterocycles. The number of pyridine rings is 4. The zero-order chi connectivity index (χ0) is 63.2. The first-order valence-electron chi connectivity index (χ1n) is 26.1. The van der Waals surface area contributed by atoms with E-state index in [1.54, 1.807) is 103 Å². The van der Waals surface area contributed by atoms with E-state index < -0.39 is 17.9 Å². The third kappa shape index (κ3) is 55.0. The van der Waals surface area contributed by atoms with Crippen LogP contribution >= 0.6 is 24.8 Å². The molecule has 0 radical (unpaired) electrons. The minimum Gasteiger partial charge on any atom is -0.481 e. The first-order chi connectivity index (χ1) is 39.0. The molecule has 29 heteroatoms. The number of aromatic amines is 2. The molecule has 6 aromatic heterocycles. The molecular formula is C55H92Cl2N16O11. The highest BCUT2D eigenvalue weighted by Crippen LogP contribution is 2.10. The molecule has 14 N–H and O–H groups in total. The smallest absolute Gasteiger partial charge is 0.320 e. The van der Waals surface area contributed by atoms with E-state index in [0.29, 0.717) is 79.0 Å². The fourth-order valence-electron chi connectivity index (χ4n) is 4.35. The first-order valence-corrected chi connectivity index (χ1v) is 26.1. The lowest BCUT2D eigenvalue weighted by atomic mass is 10.4. The third-order valence-electron chi connectivity index (χ3n) is 7.19. The van der Waals surface area contributed by atoms with E-state index in [1.807, 2.05) is 79.7 Å². The molecule has 0 bridgehead atoms. The van der Waals surface area contributed by atoms with Crippen LogP contribution in [-0.4, -0.2) is 120 Å². The van der Waals surface area contributed by atoms with Crippen LogP contribution in [0, 0.1) is 34.6 Å². The van der Waals surface area contributed by atoms with E-state index in [1.165, 1.54) is 0 Å². The first kappa shape index (κ1) is 94.3. The number of H-pyrrole nitrogens is 2. The number of aliphatic hydroxyl groups is 1. The molecule has 0 fully saturated rings. The maximum Gasteiger partial charge on any atom is 0.320 e. The Morgan fingerprint density at radius 2 is 0.893 bits per heavy atom. The van der Waals surface area contributed by atoms with Gasteiger partial charge in [0.1, 0.15) is 43.1 Å². The lowest BCUT2D eigenvalue weighted by Crippen LogP contribution is -2.12. The number of imidazole rings is 2. The van der Waals surface area contributed by atoms with Crippen LogP contribution in [0.25, 0.3) is 27.2 Å². The summed E-state index contributed by atoms with van der Waals surface area (Å²) in [4.78, 5) is 75.4. The third-order valence-corrected chi connectivity index (χ3v) is 7.19. The summed E-state index contributed by atoms with van der Waals surface area (Å²) in [5.74, 6) is 0.430. The fourth-order valence-corrected chi connectivity index (χ4v) is 4.35. The van der Waals surface area contributed by atoms with Gasteiger partial charge in [0.15, 0.2) is 23.0 Å². The SMILES string of the molecule is CC.CC.CC.CC.CCO.CCOC(=N)CC(=O)OCC.CCOC(=O)CC#N.CCOC(=O)CC#N.CCOC(=O)Cc1nc2ncccc2[nH]1.Cl.Cl.Nc1cccnc1N.Nc1cccnc1N.O.[C-]#[N+]Cc1nc2ncccc2[nH]1. The minimum atomic E-state index is -0.449. The fraction of sp³-hybridized carbons (Fsp3) is 0.455. The number of aromatic nitrogens is 8. The van der Waals surface area contributed by atoms with E-state index in [0.717, 1.165) is 11.0 Å². The van der Waals surface area contributed by atoms with E-state index >= 15 is 0 Å². The zero-order valence-electron chi connectivity index (χ0n) is 51.0. The number of esters is 4. The number of carbonyl (C=O) groups is 4. The number of carbonyl (C=O) groups excluding carboxylic acids is 4. The van der Waals surface area contributed by atoms with Crippen molar-refractivity contribution in [3.05, 3.63) is 96.4 Å². The molecule has 0 aliphatic carbocycles. The number of hydrogen-bond acceptors (Lipinski definition) is 23. The van der Waals surface area contributed by atoms with Crippen molar-refractivity contribution in [1.29, 1.82) is 15.9 Å². The summed E-state index contributed by atoms with van der Waals surface area (Å²) in [6.07, 6.45) is 6.35. The highest BCUT2D eigenvalue weighted by Gasteiger charge is 2.09. The Kier molecular flexibility index (Phi) is 78.8. The van der Waals surface area contributed by atoms with Gasteiger partial charge < -0.3 is 72.0 Å². The minimum absolute atomic E-state index is 0. The number of fused-ring (bicyclic) bond motifs is 2. The van der Waals surface area contributed by atoms with Crippen molar-refractivity contribution >= 4 is 99.9 Å². The molecule has 0 saturated heterocycles. The van der Waals surface area contributed by atoms with Crippen molar-refractivity contribution in [2.24, 2.45) is 0 Å². The van der Waals surface area contributed by atoms with Crippen LogP contribution in [0.5, 0.6) is 0 Å². The Morgan fingerprint density at radius 1 is 0.571 bits per heavy atom. The summed E-state index contributed by atoms with van der Waals surface area (Å²) in [5.41, 5.74) is 25.3. The van der Waals surface area contributed by atoms with Crippen molar-refractivity contribution in [2.45, 2.75) is 129 Å². The molecular weight excluding hydrogens is 1130 g/mol. The van der Waals surface area contributed by atoms with Crippen molar-refractivity contribution in [3.8, 4) is 12.1 Å². The highest BCUT2D eigenvalue weighted by atomic mass is 35.5. The van der Waals surface area contributed by atoms with Crippen LogP contribution in [-0.2, 0) is 55.8 Å². The van der Waals surface area contributed by atoms with E-state index in [2.05, 4.69) is 58.9 Å². The predicted octanol–water partition coefficient (Wildman–Crippen LogP) is 8.93. The van der Waals surface area contributed by atoms with Gasteiger partial charge in [-0.2, -0.15) is 10.5 Å². The van der Waals surface area contributed by atoms with Gasteiger partial charge in [-0.3, -0.25) is 24.6 Å². The molecule has 0 atom stereocenters. The lowest BCUT2D eigenvalue weighted by molar-refractivity contribution is -0.143. The predicted molar refractivity (Wildman–Crippen MR) is 335 cm³/mol. The van der Waals surface area contributed by atoms with Gasteiger partial charge in [-0.25, -0.2) is 36.5 Å². The maximum atomic E-state index is 11.2. The normalized spacial score (nSPS) is 8.10. The second-order valence-corrected chi connectivity index (χ2v) is 12.8. The summed E-state index contributed by atoms with van der Waals surface area (Å²) in [6, 6.07) is 17.7. The molecule has 6 heterocycles. The molecule has 0 unspecified atom stereocenters. The number of anilines is 4. The number of nitrogens with one attached hydrogen (secondary N) is 3. The van der Waals surface area contributed by atoms with Gasteiger partial charge >= 0.3 is 23.9 Å². The molecule has 84 heavy (non-hydrogen) atoms. The van der Waals surface area contributed by atoms with Crippen molar-refractivity contribution < 1.29 is 53.4 Å². The van der Waals surface area contributed by atoms with Crippen LogP contribution < -0.4 is 22.9 Å². The van der Waals surface area contributed by atoms with Gasteiger partial charge in [0, 0.05) is 31.4 Å². The number of nitrogens with zero attached hydrogens (tertiary/aromatic N) is 9. The summed E-state index contributed by atoms with van der Waals surface area (Å²) >= 11 is 0. The average Bonchev–Trinajstić information content (AvgIpc) is 4.24. The Bertz CT molecular complexity index is 2460. The van der Waals surface area contributed by atoms with E-state index in [9.17, 15) is 19.2 Å². The molecule has 0 amide bonds. The van der Waals surface area contributed by atoms with Crippen molar-refractivity contribution in [3.63, 3.8) is 0 Å². The molecule has 0 saturated carbocycles. The average molecular weight is 1220 g/mol. The summed E-state index contributed by atoms with van der Waals surface area (Å²) in [5, 5.41) is 30.5.